The van der Waals surface area contributed by atoms with E-state index in [1.54, 1.807) is 11.8 Å². The number of cyclic esters (lactones) is 1. The molecule has 1 aromatic carbocycles. The molecule has 3 nitrogen and oxygen atoms in total. The van der Waals surface area contributed by atoms with Gasteiger partial charge in [-0.05, 0) is 12.1 Å². The maximum atomic E-state index is 11.1. The van der Waals surface area contributed by atoms with Crippen LogP contribution in [0, 0.1) is 0 Å². The second kappa shape index (κ2) is 4.68. The molecule has 0 saturated carbocycles. The van der Waals surface area contributed by atoms with Crippen LogP contribution in [-0.4, -0.2) is 29.0 Å². The smallest absolute Gasteiger partial charge is 0.307 e. The van der Waals surface area contributed by atoms with Crippen LogP contribution in [0.2, 0.25) is 0 Å². The van der Waals surface area contributed by atoms with Crippen molar-refractivity contribution in [3.63, 3.8) is 0 Å². The molecule has 15 heavy (non-hydrogen) atoms. The topological polar surface area (TPSA) is 46.5 Å². The Bertz CT molecular complexity index is 339. The SMILES string of the molecule is O=C1C[C@@H](Sc2ccccc2)[C@H](CO)O1. The van der Waals surface area contributed by atoms with Crippen molar-refractivity contribution in [1.29, 1.82) is 0 Å². The number of aliphatic hydroxyl groups excluding tert-OH is 1. The lowest BCUT2D eigenvalue weighted by molar-refractivity contribution is -0.142. The third-order valence-corrected chi connectivity index (χ3v) is 3.59. The number of carbonyl (C=O) groups excluding carboxylic acids is 1. The Morgan fingerprint density at radius 2 is 2.13 bits per heavy atom. The van der Waals surface area contributed by atoms with Gasteiger partial charge in [-0.1, -0.05) is 18.2 Å². The minimum atomic E-state index is -0.359. The first-order valence-corrected chi connectivity index (χ1v) is 5.69. The number of benzene rings is 1. The van der Waals surface area contributed by atoms with Crippen LogP contribution >= 0.6 is 11.8 Å². The summed E-state index contributed by atoms with van der Waals surface area (Å²) in [6, 6.07) is 9.83. The summed E-state index contributed by atoms with van der Waals surface area (Å²) in [5.41, 5.74) is 0. The average molecular weight is 224 g/mol. The molecule has 0 unspecified atom stereocenters. The summed E-state index contributed by atoms with van der Waals surface area (Å²) in [5, 5.41) is 9.07. The Labute approximate surface area is 92.4 Å². The molecule has 0 spiro atoms. The van der Waals surface area contributed by atoms with Crippen LogP contribution in [0.25, 0.3) is 0 Å². The molecule has 1 aliphatic rings. The Kier molecular flexibility index (Phi) is 3.28. The highest BCUT2D eigenvalue weighted by atomic mass is 32.2. The molecule has 4 heteroatoms. The number of thioether (sulfide) groups is 1. The third-order valence-electron chi connectivity index (χ3n) is 2.28. The Morgan fingerprint density at radius 1 is 1.40 bits per heavy atom. The first-order chi connectivity index (χ1) is 7.29. The molecule has 0 aromatic heterocycles. The summed E-state index contributed by atoms with van der Waals surface area (Å²) in [6.45, 7) is -0.101. The van der Waals surface area contributed by atoms with Gasteiger partial charge >= 0.3 is 5.97 Å². The molecule has 1 heterocycles. The van der Waals surface area contributed by atoms with Gasteiger partial charge < -0.3 is 9.84 Å². The summed E-state index contributed by atoms with van der Waals surface area (Å²) in [7, 11) is 0. The van der Waals surface area contributed by atoms with Crippen LogP contribution in [0.5, 0.6) is 0 Å². The molecule has 0 aliphatic carbocycles. The quantitative estimate of drug-likeness (QED) is 0.789. The van der Waals surface area contributed by atoms with E-state index in [0.29, 0.717) is 6.42 Å². The van der Waals surface area contributed by atoms with Crippen LogP contribution in [0.3, 0.4) is 0 Å². The van der Waals surface area contributed by atoms with Gasteiger partial charge in [0.1, 0.15) is 6.10 Å². The lowest BCUT2D eigenvalue weighted by Crippen LogP contribution is -2.22. The molecule has 0 radical (unpaired) electrons. The number of rotatable bonds is 3. The van der Waals surface area contributed by atoms with Crippen molar-refractivity contribution >= 4 is 17.7 Å². The molecule has 1 saturated heterocycles. The molecule has 80 valence electrons. The van der Waals surface area contributed by atoms with Crippen LogP contribution < -0.4 is 0 Å². The maximum absolute atomic E-state index is 11.1. The highest BCUT2D eigenvalue weighted by molar-refractivity contribution is 8.00. The summed E-state index contributed by atoms with van der Waals surface area (Å²) in [6.07, 6.45) is 0.0211. The Hall–Kier alpha value is -1.00. The molecule has 1 aliphatic heterocycles. The number of hydrogen-bond acceptors (Lipinski definition) is 4. The van der Waals surface area contributed by atoms with E-state index in [2.05, 4.69) is 0 Å². The molecule has 1 aromatic rings. The zero-order valence-electron chi connectivity index (χ0n) is 8.13. The van der Waals surface area contributed by atoms with E-state index in [9.17, 15) is 4.79 Å². The summed E-state index contributed by atoms with van der Waals surface area (Å²) in [5.74, 6) is -0.220. The van der Waals surface area contributed by atoms with Crippen molar-refractivity contribution in [2.75, 3.05) is 6.61 Å². The van der Waals surface area contributed by atoms with E-state index in [4.69, 9.17) is 9.84 Å². The monoisotopic (exact) mass is 224 g/mol. The fourth-order valence-corrected chi connectivity index (χ4v) is 2.71. The zero-order chi connectivity index (χ0) is 10.7. The first kappa shape index (κ1) is 10.5. The molecule has 2 rings (SSSR count). The standard InChI is InChI=1S/C11H12O3S/c12-7-9-10(6-11(13)14-9)15-8-4-2-1-3-5-8/h1-5,9-10,12H,6-7H2/t9-,10+/m0/s1. The van der Waals surface area contributed by atoms with Gasteiger partial charge in [0.15, 0.2) is 0 Å². The molecular weight excluding hydrogens is 212 g/mol. The van der Waals surface area contributed by atoms with Gasteiger partial charge in [-0.2, -0.15) is 0 Å². The first-order valence-electron chi connectivity index (χ1n) is 4.81. The predicted octanol–water partition coefficient (Wildman–Crippen LogP) is 1.46. The summed E-state index contributed by atoms with van der Waals surface area (Å²) >= 11 is 1.58. The van der Waals surface area contributed by atoms with Gasteiger partial charge in [0.05, 0.1) is 18.3 Å². The predicted molar refractivity (Wildman–Crippen MR) is 57.7 cm³/mol. The van der Waals surface area contributed by atoms with Crippen molar-refractivity contribution in [1.82, 2.24) is 0 Å². The van der Waals surface area contributed by atoms with Gasteiger partial charge in [0.25, 0.3) is 0 Å². The van der Waals surface area contributed by atoms with Crippen LogP contribution in [0.15, 0.2) is 35.2 Å². The maximum Gasteiger partial charge on any atom is 0.307 e. The number of aliphatic hydroxyl groups is 1. The number of carbonyl (C=O) groups is 1. The van der Waals surface area contributed by atoms with Crippen LogP contribution in [-0.2, 0) is 9.53 Å². The second-order valence-electron chi connectivity index (χ2n) is 3.38. The second-order valence-corrected chi connectivity index (χ2v) is 4.70. The molecular formula is C11H12O3S. The molecule has 1 fully saturated rings. The van der Waals surface area contributed by atoms with Gasteiger partial charge in [-0.3, -0.25) is 4.79 Å². The highest BCUT2D eigenvalue weighted by Gasteiger charge is 2.34. The lowest BCUT2D eigenvalue weighted by atomic mass is 10.2. The third kappa shape index (κ3) is 2.52. The Balaban J connectivity index is 2.03. The molecule has 1 N–H and O–H groups in total. The van der Waals surface area contributed by atoms with E-state index in [0.717, 1.165) is 4.90 Å². The van der Waals surface area contributed by atoms with Crippen molar-refractivity contribution in [2.24, 2.45) is 0 Å². The highest BCUT2D eigenvalue weighted by Crippen LogP contribution is 2.32. The van der Waals surface area contributed by atoms with Gasteiger partial charge in [-0.15, -0.1) is 11.8 Å². The molecule has 0 amide bonds. The number of esters is 1. The van der Waals surface area contributed by atoms with Crippen LogP contribution in [0.4, 0.5) is 0 Å². The van der Waals surface area contributed by atoms with Crippen molar-refractivity contribution < 1.29 is 14.6 Å². The van der Waals surface area contributed by atoms with Gasteiger partial charge in [0, 0.05) is 4.90 Å². The molecule has 0 bridgehead atoms. The van der Waals surface area contributed by atoms with E-state index in [1.165, 1.54) is 0 Å². The van der Waals surface area contributed by atoms with Gasteiger partial charge in [-0.25, -0.2) is 0 Å². The normalized spacial score (nSPS) is 25.3. The average Bonchev–Trinajstić information content (AvgIpc) is 2.60. The van der Waals surface area contributed by atoms with Crippen molar-refractivity contribution in [3.05, 3.63) is 30.3 Å². The van der Waals surface area contributed by atoms with E-state index >= 15 is 0 Å². The van der Waals surface area contributed by atoms with Crippen molar-refractivity contribution in [2.45, 2.75) is 22.7 Å². The number of hydrogen-bond donors (Lipinski definition) is 1. The Morgan fingerprint density at radius 3 is 2.80 bits per heavy atom. The van der Waals surface area contributed by atoms with Gasteiger partial charge in [0.2, 0.25) is 0 Å². The fraction of sp³-hybridized carbons (Fsp3) is 0.364. The van der Waals surface area contributed by atoms with E-state index in [-0.39, 0.29) is 23.9 Å². The summed E-state index contributed by atoms with van der Waals surface area (Å²) < 4.78 is 4.99. The zero-order valence-corrected chi connectivity index (χ0v) is 8.94. The minimum absolute atomic E-state index is 0.0323. The van der Waals surface area contributed by atoms with Crippen LogP contribution in [0.1, 0.15) is 6.42 Å². The largest absolute Gasteiger partial charge is 0.459 e. The summed E-state index contributed by atoms with van der Waals surface area (Å²) in [4.78, 5) is 12.2. The van der Waals surface area contributed by atoms with Crippen molar-refractivity contribution in [3.8, 4) is 0 Å². The number of ether oxygens (including phenoxy) is 1. The van der Waals surface area contributed by atoms with E-state index in [1.807, 2.05) is 30.3 Å². The molecule has 2 atom stereocenters. The fourth-order valence-electron chi connectivity index (χ4n) is 1.53. The minimum Gasteiger partial charge on any atom is -0.459 e. The lowest BCUT2D eigenvalue weighted by Gasteiger charge is -2.14. The van der Waals surface area contributed by atoms with E-state index < -0.39 is 0 Å².